The number of nitrogens with one attached hydrogen (secondary N) is 1. The lowest BCUT2D eigenvalue weighted by molar-refractivity contribution is 0.197. The molecule has 0 spiro atoms. The summed E-state index contributed by atoms with van der Waals surface area (Å²) < 4.78 is 10.2. The molecule has 0 saturated carbocycles. The van der Waals surface area contributed by atoms with Gasteiger partial charge in [0, 0.05) is 44.7 Å². The van der Waals surface area contributed by atoms with E-state index >= 15 is 0 Å². The number of anilines is 1. The summed E-state index contributed by atoms with van der Waals surface area (Å²) in [7, 11) is 3.40. The molecule has 112 valence electrons. The van der Waals surface area contributed by atoms with E-state index in [1.807, 2.05) is 12.3 Å². The Kier molecular flexibility index (Phi) is 6.08. The van der Waals surface area contributed by atoms with Crippen LogP contribution in [0.1, 0.15) is 12.8 Å². The second kappa shape index (κ2) is 8.07. The molecule has 2 rings (SSSR count). The smallest absolute Gasteiger partial charge is 0.214 e. The van der Waals surface area contributed by atoms with Crippen molar-refractivity contribution >= 4 is 5.69 Å². The third kappa shape index (κ3) is 4.35. The van der Waals surface area contributed by atoms with Crippen molar-refractivity contribution in [3.63, 3.8) is 0 Å². The minimum absolute atomic E-state index is 0.686. The summed E-state index contributed by atoms with van der Waals surface area (Å²) in [5.41, 5.74) is 1.21. The summed E-state index contributed by atoms with van der Waals surface area (Å²) in [6, 6.07) is 4.07. The number of piperidine rings is 1. The van der Waals surface area contributed by atoms with Gasteiger partial charge in [-0.25, -0.2) is 4.98 Å². The lowest BCUT2D eigenvalue weighted by Gasteiger charge is -2.33. The van der Waals surface area contributed by atoms with Crippen LogP contribution in [0.3, 0.4) is 0 Å². The molecule has 0 amide bonds. The van der Waals surface area contributed by atoms with Crippen LogP contribution in [0.2, 0.25) is 0 Å². The average molecular weight is 279 g/mol. The molecule has 1 aliphatic rings. The summed E-state index contributed by atoms with van der Waals surface area (Å²) in [4.78, 5) is 6.57. The highest BCUT2D eigenvalue weighted by atomic mass is 16.5. The molecule has 1 fully saturated rings. The van der Waals surface area contributed by atoms with Crippen LogP contribution in [0.5, 0.6) is 5.88 Å². The molecule has 0 bridgehead atoms. The summed E-state index contributed by atoms with van der Waals surface area (Å²) >= 11 is 0. The summed E-state index contributed by atoms with van der Waals surface area (Å²) in [5.74, 6) is 1.46. The molecule has 1 aromatic heterocycles. The number of rotatable bonds is 7. The van der Waals surface area contributed by atoms with Crippen molar-refractivity contribution in [3.8, 4) is 5.88 Å². The van der Waals surface area contributed by atoms with Crippen molar-refractivity contribution in [1.82, 2.24) is 10.3 Å². The van der Waals surface area contributed by atoms with E-state index in [-0.39, 0.29) is 0 Å². The molecule has 0 aromatic carbocycles. The van der Waals surface area contributed by atoms with E-state index in [2.05, 4.69) is 21.3 Å². The monoisotopic (exact) mass is 279 g/mol. The van der Waals surface area contributed by atoms with E-state index in [1.165, 1.54) is 18.5 Å². The molecule has 0 aliphatic carbocycles. The van der Waals surface area contributed by atoms with E-state index in [4.69, 9.17) is 9.47 Å². The van der Waals surface area contributed by atoms with Gasteiger partial charge in [-0.05, 0) is 31.4 Å². The maximum absolute atomic E-state index is 5.18. The maximum atomic E-state index is 5.18. The van der Waals surface area contributed by atoms with E-state index < -0.39 is 0 Å². The Labute approximate surface area is 121 Å². The van der Waals surface area contributed by atoms with E-state index in [1.54, 1.807) is 14.2 Å². The van der Waals surface area contributed by atoms with Crippen LogP contribution in [0.4, 0.5) is 5.69 Å². The first-order valence-electron chi connectivity index (χ1n) is 7.28. The first-order valence-corrected chi connectivity index (χ1v) is 7.28. The molecular formula is C15H25N3O2. The normalized spacial score (nSPS) is 16.4. The highest BCUT2D eigenvalue weighted by molar-refractivity contribution is 5.48. The van der Waals surface area contributed by atoms with Crippen LogP contribution < -0.4 is 15.0 Å². The van der Waals surface area contributed by atoms with Gasteiger partial charge in [-0.1, -0.05) is 0 Å². The zero-order chi connectivity index (χ0) is 14.2. The van der Waals surface area contributed by atoms with Crippen LogP contribution in [0, 0.1) is 5.92 Å². The van der Waals surface area contributed by atoms with Gasteiger partial charge in [0.1, 0.15) is 0 Å². The van der Waals surface area contributed by atoms with Crippen molar-refractivity contribution in [2.45, 2.75) is 12.8 Å². The van der Waals surface area contributed by atoms with Crippen LogP contribution >= 0.6 is 0 Å². The summed E-state index contributed by atoms with van der Waals surface area (Å²) in [5, 5.41) is 3.46. The fourth-order valence-electron chi connectivity index (χ4n) is 2.58. The Bertz CT molecular complexity index is 392. The fraction of sp³-hybridized carbons (Fsp3) is 0.667. The largest absolute Gasteiger partial charge is 0.481 e. The summed E-state index contributed by atoms with van der Waals surface area (Å²) in [6.07, 6.45) is 4.27. The first-order chi connectivity index (χ1) is 9.83. The molecule has 0 unspecified atom stereocenters. The van der Waals surface area contributed by atoms with Crippen LogP contribution in [-0.4, -0.2) is 52.0 Å². The minimum atomic E-state index is 0.686. The average Bonchev–Trinajstić information content (AvgIpc) is 2.52. The van der Waals surface area contributed by atoms with Crippen molar-refractivity contribution in [1.29, 1.82) is 0 Å². The zero-order valence-corrected chi connectivity index (χ0v) is 12.5. The van der Waals surface area contributed by atoms with Gasteiger partial charge < -0.3 is 19.7 Å². The number of methoxy groups -OCH3 is 2. The lowest BCUT2D eigenvalue weighted by Crippen LogP contribution is -2.37. The third-order valence-electron chi connectivity index (χ3n) is 3.82. The Morgan fingerprint density at radius 3 is 2.85 bits per heavy atom. The Hall–Kier alpha value is -1.33. The third-order valence-corrected chi connectivity index (χ3v) is 3.82. The number of pyridine rings is 1. The van der Waals surface area contributed by atoms with Crippen molar-refractivity contribution in [2.75, 3.05) is 51.9 Å². The molecule has 0 atom stereocenters. The molecule has 5 heteroatoms. The number of hydrogen-bond acceptors (Lipinski definition) is 5. The molecule has 1 aromatic rings. The van der Waals surface area contributed by atoms with Crippen LogP contribution in [-0.2, 0) is 4.74 Å². The van der Waals surface area contributed by atoms with E-state index in [0.29, 0.717) is 5.88 Å². The minimum Gasteiger partial charge on any atom is -0.481 e. The van der Waals surface area contributed by atoms with E-state index in [0.717, 1.165) is 38.7 Å². The SMILES string of the molecule is COCCNCC1CCN(c2ccnc(OC)c2)CC1. The van der Waals surface area contributed by atoms with Gasteiger partial charge >= 0.3 is 0 Å². The lowest BCUT2D eigenvalue weighted by atomic mass is 9.96. The van der Waals surface area contributed by atoms with Crippen molar-refractivity contribution in [2.24, 2.45) is 5.92 Å². The number of aromatic nitrogens is 1. The maximum Gasteiger partial charge on any atom is 0.214 e. The molecule has 20 heavy (non-hydrogen) atoms. The van der Waals surface area contributed by atoms with Gasteiger partial charge in [-0.2, -0.15) is 0 Å². The number of hydrogen-bond donors (Lipinski definition) is 1. The van der Waals surface area contributed by atoms with Gasteiger partial charge in [-0.3, -0.25) is 0 Å². The van der Waals surface area contributed by atoms with Gasteiger partial charge in [-0.15, -0.1) is 0 Å². The van der Waals surface area contributed by atoms with Gasteiger partial charge in [0.05, 0.1) is 13.7 Å². The topological polar surface area (TPSA) is 46.6 Å². The Balaban J connectivity index is 1.76. The first kappa shape index (κ1) is 15.1. The molecular weight excluding hydrogens is 254 g/mol. The predicted molar refractivity (Wildman–Crippen MR) is 80.5 cm³/mol. The fourth-order valence-corrected chi connectivity index (χ4v) is 2.58. The predicted octanol–water partition coefficient (Wildman–Crippen LogP) is 1.54. The second-order valence-electron chi connectivity index (χ2n) is 5.18. The van der Waals surface area contributed by atoms with Gasteiger partial charge in [0.25, 0.3) is 0 Å². The van der Waals surface area contributed by atoms with Gasteiger partial charge in [0.15, 0.2) is 0 Å². The zero-order valence-electron chi connectivity index (χ0n) is 12.5. The highest BCUT2D eigenvalue weighted by Gasteiger charge is 2.19. The molecule has 2 heterocycles. The van der Waals surface area contributed by atoms with Gasteiger partial charge in [0.2, 0.25) is 5.88 Å². The molecule has 1 aliphatic heterocycles. The van der Waals surface area contributed by atoms with Crippen LogP contribution in [0.15, 0.2) is 18.3 Å². The highest BCUT2D eigenvalue weighted by Crippen LogP contribution is 2.24. The van der Waals surface area contributed by atoms with E-state index in [9.17, 15) is 0 Å². The quantitative estimate of drug-likeness (QED) is 0.767. The second-order valence-corrected chi connectivity index (χ2v) is 5.18. The number of ether oxygens (including phenoxy) is 2. The van der Waals surface area contributed by atoms with Crippen molar-refractivity contribution < 1.29 is 9.47 Å². The van der Waals surface area contributed by atoms with Crippen molar-refractivity contribution in [3.05, 3.63) is 18.3 Å². The molecule has 1 saturated heterocycles. The number of nitrogens with zero attached hydrogens (tertiary/aromatic N) is 2. The molecule has 0 radical (unpaired) electrons. The molecule has 1 N–H and O–H groups in total. The summed E-state index contributed by atoms with van der Waals surface area (Å²) in [6.45, 7) is 5.03. The standard InChI is InChI=1S/C15H25N3O2/c1-19-10-7-16-12-13-4-8-18(9-5-13)14-3-6-17-15(11-14)20-2/h3,6,11,13,16H,4-5,7-10,12H2,1-2H3. The Morgan fingerprint density at radius 2 is 2.15 bits per heavy atom. The molecule has 5 nitrogen and oxygen atoms in total. The Morgan fingerprint density at radius 1 is 1.35 bits per heavy atom. The van der Waals surface area contributed by atoms with Crippen LogP contribution in [0.25, 0.3) is 0 Å².